The molecule has 1 aromatic rings. The number of fused-ring (bicyclic) bond motifs is 1. The molecular formula is C17H25NO. The van der Waals surface area contributed by atoms with Crippen molar-refractivity contribution in [1.29, 1.82) is 0 Å². The van der Waals surface area contributed by atoms with Gasteiger partial charge in [0.2, 0.25) is 0 Å². The van der Waals surface area contributed by atoms with Crippen molar-refractivity contribution in [3.8, 4) is 5.75 Å². The molecule has 2 heteroatoms. The fourth-order valence-corrected chi connectivity index (χ4v) is 3.47. The Kier molecular flexibility index (Phi) is 3.30. The summed E-state index contributed by atoms with van der Waals surface area (Å²) in [6.07, 6.45) is 5.12. The van der Waals surface area contributed by atoms with Gasteiger partial charge in [0.05, 0.1) is 0 Å². The van der Waals surface area contributed by atoms with E-state index in [-0.39, 0.29) is 5.60 Å². The maximum absolute atomic E-state index is 5.92. The van der Waals surface area contributed by atoms with Crippen molar-refractivity contribution in [3.05, 3.63) is 29.3 Å². The fraction of sp³-hybridized carbons (Fsp3) is 0.647. The summed E-state index contributed by atoms with van der Waals surface area (Å²) in [7, 11) is 0. The third-order valence-electron chi connectivity index (χ3n) is 4.56. The molecule has 1 saturated carbocycles. The second kappa shape index (κ2) is 4.82. The van der Waals surface area contributed by atoms with E-state index in [1.165, 1.54) is 30.4 Å². The van der Waals surface area contributed by atoms with Crippen LogP contribution in [0.2, 0.25) is 0 Å². The van der Waals surface area contributed by atoms with E-state index in [0.29, 0.717) is 6.04 Å². The molecule has 19 heavy (non-hydrogen) atoms. The zero-order valence-electron chi connectivity index (χ0n) is 12.3. The Hall–Kier alpha value is -1.02. The molecule has 1 aromatic carbocycles. The molecule has 1 N–H and O–H groups in total. The van der Waals surface area contributed by atoms with E-state index in [0.717, 1.165) is 24.6 Å². The summed E-state index contributed by atoms with van der Waals surface area (Å²) in [4.78, 5) is 0. The van der Waals surface area contributed by atoms with Crippen LogP contribution in [0.1, 0.15) is 51.2 Å². The fourth-order valence-electron chi connectivity index (χ4n) is 3.47. The van der Waals surface area contributed by atoms with E-state index >= 15 is 0 Å². The van der Waals surface area contributed by atoms with Gasteiger partial charge in [0.25, 0.3) is 0 Å². The molecule has 0 bridgehead atoms. The Labute approximate surface area is 116 Å². The SMILES string of the molecule is CC1CCCC1NCc1ccc2c(c1)CC(C)(C)O2. The van der Waals surface area contributed by atoms with Crippen LogP contribution >= 0.6 is 0 Å². The van der Waals surface area contributed by atoms with Crippen LogP contribution in [0, 0.1) is 5.92 Å². The summed E-state index contributed by atoms with van der Waals surface area (Å²) in [6.45, 7) is 7.67. The van der Waals surface area contributed by atoms with Gasteiger partial charge in [-0.2, -0.15) is 0 Å². The summed E-state index contributed by atoms with van der Waals surface area (Å²) in [5, 5.41) is 3.72. The molecule has 1 aliphatic heterocycles. The molecule has 2 nitrogen and oxygen atoms in total. The standard InChI is InChI=1S/C17H25NO/c1-12-5-4-6-15(12)18-11-13-7-8-16-14(9-13)10-17(2,3)19-16/h7-9,12,15,18H,4-6,10-11H2,1-3H3. The number of rotatable bonds is 3. The first-order chi connectivity index (χ1) is 9.03. The van der Waals surface area contributed by atoms with Crippen LogP contribution < -0.4 is 10.1 Å². The van der Waals surface area contributed by atoms with Gasteiger partial charge in [0, 0.05) is 19.0 Å². The smallest absolute Gasteiger partial charge is 0.123 e. The number of hydrogen-bond donors (Lipinski definition) is 1. The molecule has 0 spiro atoms. The average molecular weight is 259 g/mol. The van der Waals surface area contributed by atoms with E-state index in [2.05, 4.69) is 44.3 Å². The Morgan fingerprint density at radius 2 is 2.16 bits per heavy atom. The highest BCUT2D eigenvalue weighted by atomic mass is 16.5. The predicted molar refractivity (Wildman–Crippen MR) is 78.5 cm³/mol. The van der Waals surface area contributed by atoms with Crippen molar-refractivity contribution in [2.45, 2.75) is 64.6 Å². The first kappa shape index (κ1) is 13.0. The van der Waals surface area contributed by atoms with Gasteiger partial charge in [-0.25, -0.2) is 0 Å². The largest absolute Gasteiger partial charge is 0.487 e. The zero-order valence-corrected chi connectivity index (χ0v) is 12.3. The van der Waals surface area contributed by atoms with Crippen LogP contribution in [0.4, 0.5) is 0 Å². The van der Waals surface area contributed by atoms with Crippen molar-refractivity contribution < 1.29 is 4.74 Å². The van der Waals surface area contributed by atoms with Crippen LogP contribution in [0.5, 0.6) is 5.75 Å². The van der Waals surface area contributed by atoms with Gasteiger partial charge in [0.1, 0.15) is 11.4 Å². The minimum atomic E-state index is -0.0334. The quantitative estimate of drug-likeness (QED) is 0.894. The summed E-state index contributed by atoms with van der Waals surface area (Å²) in [5.74, 6) is 1.90. The van der Waals surface area contributed by atoms with Gasteiger partial charge in [-0.3, -0.25) is 0 Å². The second-order valence-electron chi connectivity index (χ2n) is 6.88. The highest BCUT2D eigenvalue weighted by molar-refractivity contribution is 5.41. The van der Waals surface area contributed by atoms with Crippen LogP contribution in [0.25, 0.3) is 0 Å². The lowest BCUT2D eigenvalue weighted by atomic mass is 10.00. The van der Waals surface area contributed by atoms with Crippen molar-refractivity contribution >= 4 is 0 Å². The third-order valence-corrected chi connectivity index (χ3v) is 4.56. The predicted octanol–water partition coefficient (Wildman–Crippen LogP) is 3.68. The molecule has 0 amide bonds. The maximum Gasteiger partial charge on any atom is 0.123 e. The average Bonchev–Trinajstić information content (AvgIpc) is 2.87. The lowest BCUT2D eigenvalue weighted by Gasteiger charge is -2.17. The molecule has 0 radical (unpaired) electrons. The molecule has 1 aliphatic carbocycles. The molecular weight excluding hydrogens is 234 g/mol. The molecule has 2 atom stereocenters. The topological polar surface area (TPSA) is 21.3 Å². The first-order valence-electron chi connectivity index (χ1n) is 7.58. The number of ether oxygens (including phenoxy) is 1. The van der Waals surface area contributed by atoms with E-state index in [1.54, 1.807) is 0 Å². The zero-order chi connectivity index (χ0) is 13.5. The third kappa shape index (κ3) is 2.79. The Bertz CT molecular complexity index is 466. The van der Waals surface area contributed by atoms with Crippen LogP contribution in [-0.4, -0.2) is 11.6 Å². The van der Waals surface area contributed by atoms with Crippen molar-refractivity contribution in [2.75, 3.05) is 0 Å². The first-order valence-corrected chi connectivity index (χ1v) is 7.58. The van der Waals surface area contributed by atoms with Crippen LogP contribution in [0.15, 0.2) is 18.2 Å². The normalized spacial score (nSPS) is 28.2. The van der Waals surface area contributed by atoms with E-state index in [9.17, 15) is 0 Å². The molecule has 2 unspecified atom stereocenters. The summed E-state index contributed by atoms with van der Waals surface area (Å²) in [6, 6.07) is 7.36. The molecule has 1 heterocycles. The summed E-state index contributed by atoms with van der Waals surface area (Å²) < 4.78 is 5.92. The molecule has 0 aromatic heterocycles. The minimum Gasteiger partial charge on any atom is -0.487 e. The number of hydrogen-bond acceptors (Lipinski definition) is 2. The molecule has 1 fully saturated rings. The lowest BCUT2D eigenvalue weighted by Crippen LogP contribution is -2.30. The van der Waals surface area contributed by atoms with Crippen molar-refractivity contribution in [3.63, 3.8) is 0 Å². The number of nitrogens with one attached hydrogen (secondary N) is 1. The number of benzene rings is 1. The van der Waals surface area contributed by atoms with E-state index in [1.807, 2.05) is 0 Å². The monoisotopic (exact) mass is 259 g/mol. The summed E-state index contributed by atoms with van der Waals surface area (Å²) in [5.41, 5.74) is 2.72. The van der Waals surface area contributed by atoms with Gasteiger partial charge in [0.15, 0.2) is 0 Å². The Morgan fingerprint density at radius 3 is 2.89 bits per heavy atom. The second-order valence-corrected chi connectivity index (χ2v) is 6.88. The molecule has 0 saturated heterocycles. The van der Waals surface area contributed by atoms with E-state index in [4.69, 9.17) is 4.74 Å². The van der Waals surface area contributed by atoms with Gasteiger partial charge >= 0.3 is 0 Å². The minimum absolute atomic E-state index is 0.0334. The van der Waals surface area contributed by atoms with Gasteiger partial charge in [-0.05, 0) is 49.8 Å². The van der Waals surface area contributed by atoms with Crippen molar-refractivity contribution in [2.24, 2.45) is 5.92 Å². The van der Waals surface area contributed by atoms with Gasteiger partial charge in [-0.1, -0.05) is 25.5 Å². The summed E-state index contributed by atoms with van der Waals surface area (Å²) >= 11 is 0. The Morgan fingerprint density at radius 1 is 1.32 bits per heavy atom. The highest BCUT2D eigenvalue weighted by Gasteiger charge is 2.30. The Balaban J connectivity index is 1.64. The molecule has 3 rings (SSSR count). The van der Waals surface area contributed by atoms with Crippen molar-refractivity contribution in [1.82, 2.24) is 5.32 Å². The molecule has 2 aliphatic rings. The molecule has 104 valence electrons. The highest BCUT2D eigenvalue weighted by Crippen LogP contribution is 2.35. The lowest BCUT2D eigenvalue weighted by molar-refractivity contribution is 0.138. The van der Waals surface area contributed by atoms with Crippen LogP contribution in [-0.2, 0) is 13.0 Å². The maximum atomic E-state index is 5.92. The van der Waals surface area contributed by atoms with Gasteiger partial charge < -0.3 is 10.1 Å². The van der Waals surface area contributed by atoms with E-state index < -0.39 is 0 Å². The van der Waals surface area contributed by atoms with Gasteiger partial charge in [-0.15, -0.1) is 0 Å². The van der Waals surface area contributed by atoms with Crippen LogP contribution in [0.3, 0.4) is 0 Å².